The number of benzene rings is 2. The minimum atomic E-state index is -1.04. The van der Waals surface area contributed by atoms with Gasteiger partial charge in [-0.15, -0.1) is 0 Å². The van der Waals surface area contributed by atoms with Crippen molar-refractivity contribution in [1.29, 1.82) is 0 Å². The first-order valence-corrected chi connectivity index (χ1v) is 12.5. The standard InChI is InChI=1S/C28H27Cl2N4O3/c1-18-24(10-9-23(31-4)25(18)30)34-26(35)28(2,3)33(27(34)36)13-6-16-37-20-7-8-21(22(29)17-20)19-11-14-32(5)15-12-19/h7-12,14-15,17H,6,13,16H2,1-3,5H3/q+1. The van der Waals surface area contributed by atoms with E-state index in [-0.39, 0.29) is 16.6 Å². The number of hydrogen-bond donors (Lipinski definition) is 0. The number of rotatable bonds is 7. The Morgan fingerprint density at radius 2 is 1.78 bits per heavy atom. The largest absolute Gasteiger partial charge is 0.493 e. The number of nitrogens with zero attached hydrogens (tertiary/aromatic N) is 4. The van der Waals surface area contributed by atoms with Gasteiger partial charge in [0.2, 0.25) is 5.69 Å². The van der Waals surface area contributed by atoms with Crippen LogP contribution in [0.25, 0.3) is 16.0 Å². The van der Waals surface area contributed by atoms with E-state index in [1.807, 2.05) is 48.3 Å². The maximum Gasteiger partial charge on any atom is 0.332 e. The Morgan fingerprint density at radius 1 is 1.08 bits per heavy atom. The molecule has 2 heterocycles. The van der Waals surface area contributed by atoms with E-state index in [1.165, 1.54) is 6.07 Å². The highest BCUT2D eigenvalue weighted by atomic mass is 35.5. The molecule has 1 aliphatic rings. The summed E-state index contributed by atoms with van der Waals surface area (Å²) in [6, 6.07) is 12.2. The lowest BCUT2D eigenvalue weighted by Crippen LogP contribution is -2.44. The molecule has 37 heavy (non-hydrogen) atoms. The summed E-state index contributed by atoms with van der Waals surface area (Å²) in [5.74, 6) is 0.287. The number of carbonyl (C=O) groups is 2. The molecule has 1 saturated heterocycles. The summed E-state index contributed by atoms with van der Waals surface area (Å²) in [5, 5.41) is 0.824. The molecule has 2 aromatic carbocycles. The number of carbonyl (C=O) groups excluding carboxylic acids is 2. The van der Waals surface area contributed by atoms with Gasteiger partial charge in [-0.2, -0.15) is 0 Å². The van der Waals surface area contributed by atoms with Crippen LogP contribution in [0.2, 0.25) is 10.0 Å². The molecule has 0 bridgehead atoms. The molecule has 0 unspecified atom stereocenters. The smallest absolute Gasteiger partial charge is 0.332 e. The average Bonchev–Trinajstić information content (AvgIpc) is 3.03. The summed E-state index contributed by atoms with van der Waals surface area (Å²) in [5.41, 5.74) is 2.08. The van der Waals surface area contributed by atoms with Crippen molar-refractivity contribution in [2.24, 2.45) is 7.05 Å². The Bertz CT molecular complexity index is 1410. The average molecular weight is 538 g/mol. The molecule has 3 aromatic rings. The number of urea groups is 1. The second-order valence-corrected chi connectivity index (χ2v) is 10.2. The monoisotopic (exact) mass is 537 g/mol. The van der Waals surface area contributed by atoms with Gasteiger partial charge in [-0.3, -0.25) is 4.79 Å². The van der Waals surface area contributed by atoms with Crippen LogP contribution in [0.4, 0.5) is 16.2 Å². The molecule has 1 fully saturated rings. The molecule has 0 atom stereocenters. The summed E-state index contributed by atoms with van der Waals surface area (Å²) in [4.78, 5) is 32.6. The molecule has 3 amide bonds. The van der Waals surface area contributed by atoms with Crippen LogP contribution in [-0.2, 0) is 11.8 Å². The normalized spacial score (nSPS) is 14.7. The SMILES string of the molecule is [C-]#[N+]c1ccc(N2C(=O)N(CCCOc3ccc(-c4cc[n+](C)cc4)c(Cl)c3)C(C)(C)C2=O)c(C)c1Cl. The molecule has 9 heteroatoms. The van der Waals surface area contributed by atoms with Gasteiger partial charge >= 0.3 is 6.03 Å². The summed E-state index contributed by atoms with van der Waals surface area (Å²) in [6.45, 7) is 13.0. The number of anilines is 1. The van der Waals surface area contributed by atoms with Crippen LogP contribution in [0.15, 0.2) is 54.9 Å². The zero-order valence-corrected chi connectivity index (χ0v) is 22.6. The first kappa shape index (κ1) is 26.5. The van der Waals surface area contributed by atoms with Crippen molar-refractivity contribution in [2.75, 3.05) is 18.1 Å². The molecule has 1 aliphatic heterocycles. The molecular formula is C28H27Cl2N4O3+. The number of imide groups is 1. The highest BCUT2D eigenvalue weighted by molar-refractivity contribution is 6.35. The van der Waals surface area contributed by atoms with Gasteiger partial charge in [0.25, 0.3) is 5.91 Å². The summed E-state index contributed by atoms with van der Waals surface area (Å²) in [7, 11) is 1.96. The summed E-state index contributed by atoms with van der Waals surface area (Å²) in [6.07, 6.45) is 4.43. The first-order chi connectivity index (χ1) is 17.6. The fourth-order valence-electron chi connectivity index (χ4n) is 4.33. The van der Waals surface area contributed by atoms with E-state index < -0.39 is 11.6 Å². The quantitative estimate of drug-likeness (QED) is 0.152. The summed E-state index contributed by atoms with van der Waals surface area (Å²) < 4.78 is 7.84. The number of ether oxygens (including phenoxy) is 1. The van der Waals surface area contributed by atoms with E-state index in [0.717, 1.165) is 16.0 Å². The highest BCUT2D eigenvalue weighted by Crippen LogP contribution is 2.39. The number of hydrogen-bond acceptors (Lipinski definition) is 3. The van der Waals surface area contributed by atoms with Gasteiger partial charge in [0, 0.05) is 24.2 Å². The Hall–Kier alpha value is -3.60. The predicted molar refractivity (Wildman–Crippen MR) is 144 cm³/mol. The van der Waals surface area contributed by atoms with Crippen LogP contribution >= 0.6 is 23.2 Å². The van der Waals surface area contributed by atoms with Crippen LogP contribution in [0.5, 0.6) is 5.75 Å². The van der Waals surface area contributed by atoms with Gasteiger partial charge in [-0.25, -0.2) is 19.1 Å². The third-order valence-electron chi connectivity index (χ3n) is 6.55. The number of aromatic nitrogens is 1. The Balaban J connectivity index is 1.41. The third kappa shape index (κ3) is 5.00. The van der Waals surface area contributed by atoms with Crippen molar-refractivity contribution in [2.45, 2.75) is 32.7 Å². The molecule has 0 aliphatic carbocycles. The lowest BCUT2D eigenvalue weighted by molar-refractivity contribution is -0.671. The van der Waals surface area contributed by atoms with Gasteiger partial charge < -0.3 is 9.64 Å². The Morgan fingerprint density at radius 3 is 2.43 bits per heavy atom. The van der Waals surface area contributed by atoms with E-state index in [4.69, 9.17) is 34.5 Å². The first-order valence-electron chi connectivity index (χ1n) is 11.8. The van der Waals surface area contributed by atoms with Crippen LogP contribution in [-0.4, -0.2) is 35.5 Å². The van der Waals surface area contributed by atoms with E-state index in [9.17, 15) is 9.59 Å². The molecule has 7 nitrogen and oxygen atoms in total. The van der Waals surface area contributed by atoms with Gasteiger partial charge in [-0.1, -0.05) is 29.3 Å². The Kier molecular flexibility index (Phi) is 7.44. The lowest BCUT2D eigenvalue weighted by Gasteiger charge is -2.27. The highest BCUT2D eigenvalue weighted by Gasteiger charge is 2.51. The van der Waals surface area contributed by atoms with Crippen molar-refractivity contribution < 1.29 is 18.9 Å². The fourth-order valence-corrected chi connectivity index (χ4v) is 4.81. The molecule has 0 spiro atoms. The molecular weight excluding hydrogens is 511 g/mol. The number of pyridine rings is 1. The maximum absolute atomic E-state index is 13.3. The van der Waals surface area contributed by atoms with E-state index in [0.29, 0.717) is 41.6 Å². The van der Waals surface area contributed by atoms with Crippen molar-refractivity contribution in [3.8, 4) is 16.9 Å². The van der Waals surface area contributed by atoms with Gasteiger partial charge in [0.15, 0.2) is 12.4 Å². The van der Waals surface area contributed by atoms with Gasteiger partial charge in [-0.05, 0) is 62.6 Å². The fraction of sp³-hybridized carbons (Fsp3) is 0.286. The van der Waals surface area contributed by atoms with Crippen molar-refractivity contribution in [1.82, 2.24) is 4.90 Å². The molecule has 0 saturated carbocycles. The zero-order valence-electron chi connectivity index (χ0n) is 21.1. The number of halogens is 2. The molecule has 4 rings (SSSR count). The molecule has 190 valence electrons. The molecule has 1 aromatic heterocycles. The zero-order chi connectivity index (χ0) is 26.9. The van der Waals surface area contributed by atoms with Gasteiger partial charge in [0.05, 0.1) is 28.9 Å². The number of aryl methyl sites for hydroxylation is 1. The van der Waals surface area contributed by atoms with Crippen molar-refractivity contribution in [3.05, 3.63) is 81.9 Å². The lowest BCUT2D eigenvalue weighted by atomic mass is 10.0. The van der Waals surface area contributed by atoms with E-state index in [2.05, 4.69) is 4.85 Å². The van der Waals surface area contributed by atoms with Crippen molar-refractivity contribution >= 4 is 46.5 Å². The van der Waals surface area contributed by atoms with Crippen LogP contribution in [0.1, 0.15) is 25.8 Å². The minimum Gasteiger partial charge on any atom is -0.493 e. The molecule has 0 radical (unpaired) electrons. The predicted octanol–water partition coefficient (Wildman–Crippen LogP) is 6.36. The summed E-state index contributed by atoms with van der Waals surface area (Å²) >= 11 is 12.8. The molecule has 0 N–H and O–H groups in total. The second kappa shape index (κ2) is 10.4. The second-order valence-electron chi connectivity index (χ2n) is 9.38. The minimum absolute atomic E-state index is 0.240. The van der Waals surface area contributed by atoms with Crippen LogP contribution in [0.3, 0.4) is 0 Å². The van der Waals surface area contributed by atoms with E-state index in [1.54, 1.807) is 37.8 Å². The van der Waals surface area contributed by atoms with E-state index >= 15 is 0 Å². The maximum atomic E-state index is 13.3. The third-order valence-corrected chi connectivity index (χ3v) is 7.34. The van der Waals surface area contributed by atoms with Gasteiger partial charge in [0.1, 0.15) is 18.3 Å². The number of amides is 3. The topological polar surface area (TPSA) is 58.1 Å². The van der Waals surface area contributed by atoms with Crippen LogP contribution < -0.4 is 14.2 Å². The van der Waals surface area contributed by atoms with Crippen LogP contribution in [0, 0.1) is 13.5 Å². The van der Waals surface area contributed by atoms with Crippen molar-refractivity contribution in [3.63, 3.8) is 0 Å². The Labute approximate surface area is 226 Å².